The number of rotatable bonds is 6. The van der Waals surface area contributed by atoms with Crippen LogP contribution in [0.1, 0.15) is 43.8 Å². The van der Waals surface area contributed by atoms with Crippen LogP contribution in [-0.2, 0) is 9.16 Å². The van der Waals surface area contributed by atoms with Gasteiger partial charge in [0.2, 0.25) is 0 Å². The number of nitrogens with zero attached hydrogens (tertiary/aromatic N) is 4. The topological polar surface area (TPSA) is 111 Å². The molecule has 176 valence electrons. The molecule has 0 aliphatic carbocycles. The summed E-state index contributed by atoms with van der Waals surface area (Å²) < 4.78 is 14.2. The number of fused-ring (bicyclic) bond motifs is 1. The first kappa shape index (κ1) is 23.5. The number of carbonyl (C=O) groups is 1. The fourth-order valence-electron chi connectivity index (χ4n) is 3.47. The zero-order valence-electron chi connectivity index (χ0n) is 19.6. The van der Waals surface area contributed by atoms with Crippen molar-refractivity contribution in [3.63, 3.8) is 0 Å². The SMILES string of the molecule is CC(C)(C)[Si](C)(C)OC[C@H]1O[C@H](n2cnc3c(NC(=O)c4ccccc4)ncnc32)C[C@@H]1O. The first-order valence-corrected chi connectivity index (χ1v) is 14.0. The highest BCUT2D eigenvalue weighted by Gasteiger charge is 2.41. The Labute approximate surface area is 194 Å². The van der Waals surface area contributed by atoms with Gasteiger partial charge in [0.05, 0.1) is 19.0 Å². The maximum atomic E-state index is 12.6. The molecule has 1 fully saturated rings. The molecule has 3 heterocycles. The summed E-state index contributed by atoms with van der Waals surface area (Å²) in [5.41, 5.74) is 1.51. The Morgan fingerprint density at radius 1 is 1.24 bits per heavy atom. The molecule has 4 rings (SSSR count). The summed E-state index contributed by atoms with van der Waals surface area (Å²) in [6.07, 6.45) is 1.85. The van der Waals surface area contributed by atoms with Crippen molar-refractivity contribution in [2.75, 3.05) is 11.9 Å². The van der Waals surface area contributed by atoms with Crippen LogP contribution in [0.25, 0.3) is 11.2 Å². The summed E-state index contributed by atoms with van der Waals surface area (Å²) in [5, 5.41) is 13.5. The van der Waals surface area contributed by atoms with Crippen molar-refractivity contribution in [3.8, 4) is 0 Å². The third-order valence-corrected chi connectivity index (χ3v) is 11.1. The Morgan fingerprint density at radius 2 is 1.97 bits per heavy atom. The lowest BCUT2D eigenvalue weighted by molar-refractivity contribution is -0.0405. The molecule has 0 unspecified atom stereocenters. The number of anilines is 1. The van der Waals surface area contributed by atoms with Crippen LogP contribution >= 0.6 is 0 Å². The van der Waals surface area contributed by atoms with Gasteiger partial charge in [0, 0.05) is 12.0 Å². The molecular weight excluding hydrogens is 438 g/mol. The van der Waals surface area contributed by atoms with Gasteiger partial charge in [0.15, 0.2) is 25.3 Å². The number of benzene rings is 1. The van der Waals surface area contributed by atoms with E-state index in [4.69, 9.17) is 9.16 Å². The third kappa shape index (κ3) is 4.84. The van der Waals surface area contributed by atoms with Crippen LogP contribution in [0, 0.1) is 0 Å². The molecule has 1 aliphatic heterocycles. The highest BCUT2D eigenvalue weighted by atomic mass is 28.4. The molecule has 1 aliphatic rings. The van der Waals surface area contributed by atoms with Crippen molar-refractivity contribution in [1.29, 1.82) is 0 Å². The van der Waals surface area contributed by atoms with E-state index in [1.54, 1.807) is 35.2 Å². The zero-order valence-corrected chi connectivity index (χ0v) is 20.6. The van der Waals surface area contributed by atoms with Gasteiger partial charge < -0.3 is 19.6 Å². The number of hydrogen-bond acceptors (Lipinski definition) is 7. The lowest BCUT2D eigenvalue weighted by atomic mass is 10.2. The van der Waals surface area contributed by atoms with Gasteiger partial charge in [-0.05, 0) is 30.3 Å². The number of amides is 1. The largest absolute Gasteiger partial charge is 0.414 e. The fourth-order valence-corrected chi connectivity index (χ4v) is 4.48. The fraction of sp³-hybridized carbons (Fsp3) is 0.478. The minimum Gasteiger partial charge on any atom is -0.414 e. The summed E-state index contributed by atoms with van der Waals surface area (Å²) in [6, 6.07) is 8.90. The monoisotopic (exact) mass is 469 g/mol. The van der Waals surface area contributed by atoms with Gasteiger partial charge in [-0.3, -0.25) is 9.36 Å². The standard InChI is InChI=1S/C23H31N5O4Si/c1-23(2,3)33(4,5)31-12-17-16(29)11-18(32-17)28-14-26-19-20(24-13-25-21(19)28)27-22(30)15-9-7-6-8-10-15/h6-10,13-14,16-18,29H,11-12H2,1-5H3,(H,24,25,27,30)/t16-,17+,18-/m0/s1. The zero-order chi connectivity index (χ0) is 23.8. The number of carbonyl (C=O) groups excluding carboxylic acids is 1. The van der Waals surface area contributed by atoms with Crippen molar-refractivity contribution in [3.05, 3.63) is 48.5 Å². The lowest BCUT2D eigenvalue weighted by Crippen LogP contribution is -2.43. The molecule has 0 bridgehead atoms. The molecule has 2 aromatic heterocycles. The van der Waals surface area contributed by atoms with Crippen LogP contribution in [0.15, 0.2) is 43.0 Å². The second kappa shape index (κ2) is 8.94. The molecule has 2 N–H and O–H groups in total. The van der Waals surface area contributed by atoms with E-state index in [2.05, 4.69) is 54.1 Å². The molecule has 0 spiro atoms. The summed E-state index contributed by atoms with van der Waals surface area (Å²) in [4.78, 5) is 25.5. The van der Waals surface area contributed by atoms with E-state index >= 15 is 0 Å². The third-order valence-electron chi connectivity index (χ3n) is 6.56. The van der Waals surface area contributed by atoms with Gasteiger partial charge in [0.25, 0.3) is 5.91 Å². The molecule has 1 saturated heterocycles. The van der Waals surface area contributed by atoms with Crippen LogP contribution in [0.2, 0.25) is 18.1 Å². The molecule has 10 heteroatoms. The maximum Gasteiger partial charge on any atom is 0.256 e. The first-order valence-electron chi connectivity index (χ1n) is 11.1. The molecular formula is C23H31N5O4Si. The number of aliphatic hydroxyl groups is 1. The molecule has 9 nitrogen and oxygen atoms in total. The number of hydrogen-bond donors (Lipinski definition) is 2. The minimum absolute atomic E-state index is 0.0774. The van der Waals surface area contributed by atoms with E-state index in [-0.39, 0.29) is 10.9 Å². The van der Waals surface area contributed by atoms with Gasteiger partial charge in [-0.1, -0.05) is 39.0 Å². The summed E-state index contributed by atoms with van der Waals surface area (Å²) in [6.45, 7) is 11.2. The van der Waals surface area contributed by atoms with Gasteiger partial charge >= 0.3 is 0 Å². The Bertz CT molecular complexity index is 1130. The van der Waals surface area contributed by atoms with Crippen molar-refractivity contribution < 1.29 is 19.1 Å². The molecule has 3 aromatic rings. The smallest absolute Gasteiger partial charge is 0.256 e. The van der Waals surface area contributed by atoms with E-state index in [0.29, 0.717) is 35.6 Å². The second-order valence-electron chi connectivity index (χ2n) is 9.87. The van der Waals surface area contributed by atoms with Gasteiger partial charge in [-0.25, -0.2) is 15.0 Å². The summed E-state index contributed by atoms with van der Waals surface area (Å²) >= 11 is 0. The van der Waals surface area contributed by atoms with Crippen molar-refractivity contribution in [2.24, 2.45) is 0 Å². The van der Waals surface area contributed by atoms with Crippen LogP contribution in [0.5, 0.6) is 0 Å². The Balaban J connectivity index is 1.49. The Morgan fingerprint density at radius 3 is 2.67 bits per heavy atom. The first-order chi connectivity index (χ1) is 15.6. The number of ether oxygens (including phenoxy) is 1. The van der Waals surface area contributed by atoms with Crippen LogP contribution in [0.3, 0.4) is 0 Å². The number of aromatic nitrogens is 4. The number of aliphatic hydroxyl groups excluding tert-OH is 1. The molecule has 33 heavy (non-hydrogen) atoms. The second-order valence-corrected chi connectivity index (χ2v) is 14.7. The predicted molar refractivity (Wildman–Crippen MR) is 127 cm³/mol. The summed E-state index contributed by atoms with van der Waals surface area (Å²) in [7, 11) is -1.96. The molecule has 1 aromatic carbocycles. The summed E-state index contributed by atoms with van der Waals surface area (Å²) in [5.74, 6) is 0.0458. The number of nitrogens with one attached hydrogen (secondary N) is 1. The molecule has 0 radical (unpaired) electrons. The average Bonchev–Trinajstić information content (AvgIpc) is 3.36. The minimum atomic E-state index is -1.96. The van der Waals surface area contributed by atoms with Gasteiger partial charge in [-0.2, -0.15) is 0 Å². The van der Waals surface area contributed by atoms with Crippen LogP contribution < -0.4 is 5.32 Å². The van der Waals surface area contributed by atoms with Crippen molar-refractivity contribution in [2.45, 2.75) is 63.8 Å². The van der Waals surface area contributed by atoms with E-state index in [1.165, 1.54) is 6.33 Å². The Hall–Kier alpha value is -2.66. The Kier molecular flexibility index (Phi) is 6.36. The van der Waals surface area contributed by atoms with E-state index in [9.17, 15) is 9.90 Å². The van der Waals surface area contributed by atoms with E-state index < -0.39 is 26.8 Å². The van der Waals surface area contributed by atoms with Gasteiger partial charge in [0.1, 0.15) is 18.7 Å². The van der Waals surface area contributed by atoms with Crippen molar-refractivity contribution >= 4 is 31.2 Å². The van der Waals surface area contributed by atoms with Crippen molar-refractivity contribution in [1.82, 2.24) is 19.5 Å². The molecule has 3 atom stereocenters. The normalized spacial score (nSPS) is 21.5. The molecule has 0 saturated carbocycles. The predicted octanol–water partition coefficient (Wildman–Crippen LogP) is 3.75. The molecule has 1 amide bonds. The quantitative estimate of drug-likeness (QED) is 0.529. The van der Waals surface area contributed by atoms with Crippen LogP contribution in [0.4, 0.5) is 5.82 Å². The van der Waals surface area contributed by atoms with E-state index in [0.717, 1.165) is 0 Å². The lowest BCUT2D eigenvalue weighted by Gasteiger charge is -2.37. The van der Waals surface area contributed by atoms with E-state index in [1.807, 2.05) is 6.07 Å². The average molecular weight is 470 g/mol. The van der Waals surface area contributed by atoms with Gasteiger partial charge in [-0.15, -0.1) is 0 Å². The highest BCUT2D eigenvalue weighted by Crippen LogP contribution is 2.38. The maximum absolute atomic E-state index is 12.6. The number of imidazole rings is 1. The highest BCUT2D eigenvalue weighted by molar-refractivity contribution is 6.74. The van der Waals surface area contributed by atoms with Crippen LogP contribution in [-0.4, -0.2) is 57.7 Å².